The first-order valence-electron chi connectivity index (χ1n) is 11.7. The Kier molecular flexibility index (Phi) is 8.57. The second-order valence-electron chi connectivity index (χ2n) is 8.42. The van der Waals surface area contributed by atoms with Crippen LogP contribution in [0.3, 0.4) is 0 Å². The summed E-state index contributed by atoms with van der Waals surface area (Å²) in [5.41, 5.74) is 1.53. The highest BCUT2D eigenvalue weighted by molar-refractivity contribution is 6.32. The van der Waals surface area contributed by atoms with E-state index in [0.29, 0.717) is 84.7 Å². The molecule has 3 heterocycles. The Morgan fingerprint density at radius 1 is 1.28 bits per heavy atom. The zero-order valence-electron chi connectivity index (χ0n) is 20.3. The predicted octanol–water partition coefficient (Wildman–Crippen LogP) is 2.67. The molecule has 1 aliphatic rings. The number of H-pyrrole nitrogens is 1. The summed E-state index contributed by atoms with van der Waals surface area (Å²) in [5.74, 6) is 0.968. The highest BCUT2D eigenvalue weighted by Crippen LogP contribution is 2.32. The molecule has 2 aromatic heterocycles. The van der Waals surface area contributed by atoms with Crippen LogP contribution < -0.4 is 10.1 Å². The van der Waals surface area contributed by atoms with Gasteiger partial charge in [0.15, 0.2) is 5.88 Å². The first-order valence-corrected chi connectivity index (χ1v) is 12.0. The Balaban J connectivity index is 1.65. The lowest BCUT2D eigenvalue weighted by Crippen LogP contribution is -2.42. The van der Waals surface area contributed by atoms with Gasteiger partial charge in [0, 0.05) is 52.6 Å². The van der Waals surface area contributed by atoms with Crippen molar-refractivity contribution in [1.82, 2.24) is 24.8 Å². The Morgan fingerprint density at radius 2 is 2.14 bits per heavy atom. The molecule has 4 rings (SSSR count). The molecule has 0 spiro atoms. The van der Waals surface area contributed by atoms with Gasteiger partial charge >= 0.3 is 0 Å². The van der Waals surface area contributed by atoms with Crippen LogP contribution in [0.5, 0.6) is 11.6 Å². The molecule has 1 aliphatic heterocycles. The van der Waals surface area contributed by atoms with Crippen molar-refractivity contribution in [2.24, 2.45) is 4.99 Å². The zero-order chi connectivity index (χ0) is 25.5. The van der Waals surface area contributed by atoms with E-state index < -0.39 is 0 Å². The number of benzene rings is 1. The number of amides is 1. The summed E-state index contributed by atoms with van der Waals surface area (Å²) in [6.45, 7) is 3.47. The summed E-state index contributed by atoms with van der Waals surface area (Å²) in [6.07, 6.45) is 3.66. The van der Waals surface area contributed by atoms with Gasteiger partial charge in [0.25, 0.3) is 0 Å². The molecule has 0 saturated heterocycles. The number of rotatable bonds is 3. The third-order valence-electron chi connectivity index (χ3n) is 5.88. The maximum absolute atomic E-state index is 12.9. The van der Waals surface area contributed by atoms with Crippen molar-refractivity contribution < 1.29 is 19.4 Å². The van der Waals surface area contributed by atoms with E-state index in [-0.39, 0.29) is 18.3 Å². The molecule has 0 radical (unpaired) electrons. The highest BCUT2D eigenvalue weighted by Gasteiger charge is 2.17. The average molecular weight is 516 g/mol. The van der Waals surface area contributed by atoms with Crippen LogP contribution in [-0.4, -0.2) is 102 Å². The summed E-state index contributed by atoms with van der Waals surface area (Å²) in [7, 11) is 3.42. The molecule has 0 saturated carbocycles. The minimum atomic E-state index is -0.0722. The maximum atomic E-state index is 12.9. The number of hydrogen-bond donors (Lipinski definition) is 3. The Hall–Kier alpha value is -3.41. The number of ether oxygens (including phenoxy) is 2. The quantitative estimate of drug-likeness (QED) is 0.485. The molecule has 0 unspecified atom stereocenters. The monoisotopic (exact) mass is 515 g/mol. The van der Waals surface area contributed by atoms with Crippen molar-refractivity contribution in [2.45, 2.75) is 6.42 Å². The van der Waals surface area contributed by atoms with E-state index >= 15 is 0 Å². The van der Waals surface area contributed by atoms with Crippen LogP contribution in [0.25, 0.3) is 11.0 Å². The van der Waals surface area contributed by atoms with E-state index in [0.717, 1.165) is 0 Å². The van der Waals surface area contributed by atoms with E-state index in [1.807, 2.05) is 0 Å². The van der Waals surface area contributed by atoms with Crippen LogP contribution in [0, 0.1) is 0 Å². The van der Waals surface area contributed by atoms with Crippen LogP contribution in [0.1, 0.15) is 12.0 Å². The number of likely N-dealkylation sites (N-methyl/N-ethyl adjacent to an activating group) is 1. The number of halogens is 1. The molecular weight excluding hydrogens is 486 g/mol. The number of carbonyl (C=O) groups excluding carboxylic acids is 1. The first kappa shape index (κ1) is 25.7. The smallest absolute Gasteiger partial charge is 0.236 e. The molecule has 192 valence electrons. The topological polar surface area (TPSA) is 128 Å². The lowest BCUT2D eigenvalue weighted by molar-refractivity contribution is -0.131. The van der Waals surface area contributed by atoms with Gasteiger partial charge in [0.2, 0.25) is 5.91 Å². The summed E-state index contributed by atoms with van der Waals surface area (Å²) in [6, 6.07) is 5.23. The van der Waals surface area contributed by atoms with Crippen molar-refractivity contribution in [3.8, 4) is 11.6 Å². The normalized spacial score (nSPS) is 16.2. The van der Waals surface area contributed by atoms with Crippen molar-refractivity contribution in [2.75, 3.05) is 65.4 Å². The average Bonchev–Trinajstić information content (AvgIpc) is 3.19. The molecule has 36 heavy (non-hydrogen) atoms. The number of hydrogen-bond acceptors (Lipinski definition) is 9. The minimum Gasteiger partial charge on any atom is -0.494 e. The molecule has 3 aromatic rings. The molecule has 2 bridgehead atoms. The molecule has 12 heteroatoms. The van der Waals surface area contributed by atoms with Gasteiger partial charge in [-0.2, -0.15) is 0 Å². The van der Waals surface area contributed by atoms with E-state index in [9.17, 15) is 9.90 Å². The van der Waals surface area contributed by atoms with Gasteiger partial charge in [-0.3, -0.25) is 14.7 Å². The van der Waals surface area contributed by atoms with Crippen molar-refractivity contribution in [3.05, 3.63) is 35.1 Å². The number of aromatic nitrogens is 3. The fourth-order valence-electron chi connectivity index (χ4n) is 3.85. The number of aliphatic imine (C=N–C) groups is 1. The fraction of sp³-hybridized carbons (Fsp3) is 0.417. The number of fused-ring (bicyclic) bond motifs is 2. The molecule has 0 aliphatic carbocycles. The van der Waals surface area contributed by atoms with Crippen molar-refractivity contribution in [3.63, 3.8) is 0 Å². The second-order valence-corrected chi connectivity index (χ2v) is 8.83. The van der Waals surface area contributed by atoms with Crippen LogP contribution >= 0.6 is 11.6 Å². The summed E-state index contributed by atoms with van der Waals surface area (Å²) in [4.78, 5) is 32.5. The predicted molar refractivity (Wildman–Crippen MR) is 139 cm³/mol. The molecule has 0 atom stereocenters. The summed E-state index contributed by atoms with van der Waals surface area (Å²) >= 11 is 6.34. The van der Waals surface area contributed by atoms with Gasteiger partial charge < -0.3 is 29.8 Å². The molecule has 11 nitrogen and oxygen atoms in total. The van der Waals surface area contributed by atoms with Crippen LogP contribution in [0.4, 0.5) is 11.5 Å². The van der Waals surface area contributed by atoms with Crippen LogP contribution in [0.2, 0.25) is 5.02 Å². The number of anilines is 1. The van der Waals surface area contributed by atoms with E-state index in [1.54, 1.807) is 43.5 Å². The molecule has 0 fully saturated rings. The van der Waals surface area contributed by atoms with Gasteiger partial charge in [-0.1, -0.05) is 11.6 Å². The van der Waals surface area contributed by atoms with Gasteiger partial charge in [0.05, 0.1) is 41.4 Å². The van der Waals surface area contributed by atoms with E-state index in [4.69, 9.17) is 21.1 Å². The summed E-state index contributed by atoms with van der Waals surface area (Å²) in [5, 5.41) is 14.8. The van der Waals surface area contributed by atoms with Gasteiger partial charge in [-0.05, 0) is 18.6 Å². The third-order valence-corrected chi connectivity index (χ3v) is 6.19. The first-order chi connectivity index (χ1) is 17.5. The highest BCUT2D eigenvalue weighted by atomic mass is 35.5. The number of methoxy groups -OCH3 is 1. The molecule has 1 aromatic carbocycles. The number of nitrogens with one attached hydrogen (secondary N) is 2. The fourth-order valence-corrected chi connectivity index (χ4v) is 4.03. The Bertz CT molecular complexity index is 1230. The maximum Gasteiger partial charge on any atom is 0.236 e. The lowest BCUT2D eigenvalue weighted by atomic mass is 10.2. The number of carbonyl (C=O) groups is 1. The lowest BCUT2D eigenvalue weighted by Gasteiger charge is -2.25. The van der Waals surface area contributed by atoms with E-state index in [2.05, 4.69) is 30.2 Å². The van der Waals surface area contributed by atoms with Gasteiger partial charge in [0.1, 0.15) is 23.5 Å². The molecule has 1 amide bonds. The summed E-state index contributed by atoms with van der Waals surface area (Å²) < 4.78 is 11.1. The standard InChI is InChI=1S/C24H30ClN7O4/c1-31-8-6-26-22-21-17(24(34)30-23(21)29-15-28-22)13-27-16-4-5-18(25)19(12-16)36-10-3-7-32(9-11-35-2)14-20(31)33/h4-5,12-13,15,34H,3,6-11,14H2,1-2H3,(H2,26,28,29,30). The van der Waals surface area contributed by atoms with Gasteiger partial charge in [-0.15, -0.1) is 0 Å². The number of aromatic hydroxyl groups is 1. The van der Waals surface area contributed by atoms with Crippen LogP contribution in [0.15, 0.2) is 29.5 Å². The van der Waals surface area contributed by atoms with E-state index in [1.165, 1.54) is 6.33 Å². The van der Waals surface area contributed by atoms with Crippen LogP contribution in [-0.2, 0) is 9.53 Å². The SMILES string of the molecule is COCCN1CCCOc2cc(ccc2Cl)N=Cc2c(O)[nH]c3ncnc(c23)NCCN(C)C(=O)C1. The third kappa shape index (κ3) is 6.23. The molecular formula is C24H30ClN7O4. The van der Waals surface area contributed by atoms with Gasteiger partial charge in [-0.25, -0.2) is 9.97 Å². The minimum absolute atomic E-state index is 0.00225. The number of aromatic amines is 1. The number of nitrogens with zero attached hydrogens (tertiary/aromatic N) is 5. The Morgan fingerprint density at radius 3 is 2.97 bits per heavy atom. The molecule has 3 N–H and O–H groups in total. The zero-order valence-corrected chi connectivity index (χ0v) is 21.1. The van der Waals surface area contributed by atoms with Crippen molar-refractivity contribution in [1.29, 1.82) is 0 Å². The van der Waals surface area contributed by atoms with Crippen molar-refractivity contribution >= 4 is 46.3 Å². The Labute approximate surface area is 214 Å². The largest absolute Gasteiger partial charge is 0.494 e. The second kappa shape index (κ2) is 12.0.